The van der Waals surface area contributed by atoms with Crippen molar-refractivity contribution in [2.45, 2.75) is 44.4 Å². The van der Waals surface area contributed by atoms with Crippen LogP contribution < -0.4 is 9.47 Å². The first kappa shape index (κ1) is 17.0. The Kier molecular flexibility index (Phi) is 4.07. The van der Waals surface area contributed by atoms with E-state index >= 15 is 0 Å². The molecule has 1 fully saturated rings. The number of benzene rings is 1. The summed E-state index contributed by atoms with van der Waals surface area (Å²) < 4.78 is 13.1. The van der Waals surface area contributed by atoms with Gasteiger partial charge in [-0.05, 0) is 36.0 Å². The van der Waals surface area contributed by atoms with Gasteiger partial charge < -0.3 is 18.9 Å². The summed E-state index contributed by atoms with van der Waals surface area (Å²) in [6, 6.07) is 6.17. The summed E-state index contributed by atoms with van der Waals surface area (Å²) in [7, 11) is 0. The van der Waals surface area contributed by atoms with Crippen molar-refractivity contribution in [2.24, 2.45) is 5.41 Å². The highest BCUT2D eigenvalue weighted by Crippen LogP contribution is 2.38. The Labute approximate surface area is 162 Å². The Balaban J connectivity index is 1.30. The van der Waals surface area contributed by atoms with Gasteiger partial charge in [0, 0.05) is 31.5 Å². The highest BCUT2D eigenvalue weighted by Gasteiger charge is 2.35. The van der Waals surface area contributed by atoms with E-state index in [9.17, 15) is 4.79 Å². The lowest BCUT2D eigenvalue weighted by Gasteiger charge is -2.40. The standard InChI is InChI=1S/C20H23N3O3S/c1-20(9-14-2-3-16-17(8-14)26-13-25-16)5-4-18(24)23(12-20)11-15-10-22-6-7-27-19(22)21-15/h2-3,8,10H,4-7,9,11-13H2,1H3/t20-/m1/s1. The molecule has 1 saturated heterocycles. The first-order valence-electron chi connectivity index (χ1n) is 9.43. The molecular weight excluding hydrogens is 362 g/mol. The number of hydrogen-bond donors (Lipinski definition) is 0. The molecule has 5 rings (SSSR count). The predicted molar refractivity (Wildman–Crippen MR) is 102 cm³/mol. The minimum absolute atomic E-state index is 0.0544. The Morgan fingerprint density at radius 1 is 1.30 bits per heavy atom. The normalized spacial score (nSPS) is 23.7. The number of nitrogens with zero attached hydrogens (tertiary/aromatic N) is 3. The summed E-state index contributed by atoms with van der Waals surface area (Å²) in [5, 5.41) is 1.08. The van der Waals surface area contributed by atoms with Crippen LogP contribution >= 0.6 is 11.8 Å². The largest absolute Gasteiger partial charge is 0.454 e. The van der Waals surface area contributed by atoms with Crippen molar-refractivity contribution in [1.29, 1.82) is 0 Å². The Bertz CT molecular complexity index is 875. The van der Waals surface area contributed by atoms with Gasteiger partial charge in [-0.2, -0.15) is 0 Å². The van der Waals surface area contributed by atoms with Crippen LogP contribution in [-0.2, 0) is 24.3 Å². The fourth-order valence-corrected chi connectivity index (χ4v) is 5.22. The summed E-state index contributed by atoms with van der Waals surface area (Å²) in [5.74, 6) is 2.97. The van der Waals surface area contributed by atoms with Crippen molar-refractivity contribution in [1.82, 2.24) is 14.5 Å². The maximum Gasteiger partial charge on any atom is 0.231 e. The lowest BCUT2D eigenvalue weighted by molar-refractivity contribution is -0.138. The molecule has 6 nitrogen and oxygen atoms in total. The Morgan fingerprint density at radius 3 is 3.07 bits per heavy atom. The third-order valence-electron chi connectivity index (χ3n) is 5.64. The van der Waals surface area contributed by atoms with Gasteiger partial charge in [0.05, 0.1) is 12.2 Å². The third-order valence-corrected chi connectivity index (χ3v) is 6.61. The van der Waals surface area contributed by atoms with Crippen LogP contribution in [0.2, 0.25) is 0 Å². The number of likely N-dealkylation sites (tertiary alicyclic amines) is 1. The van der Waals surface area contributed by atoms with Gasteiger partial charge in [0.25, 0.3) is 0 Å². The SMILES string of the molecule is C[C@]1(Cc2ccc3c(c2)OCO3)CCC(=O)N(Cc2cn3c(n2)SCC3)C1. The second-order valence-electron chi connectivity index (χ2n) is 7.98. The number of rotatable bonds is 4. The molecule has 0 radical (unpaired) electrons. The minimum Gasteiger partial charge on any atom is -0.454 e. The van der Waals surface area contributed by atoms with E-state index in [1.807, 2.05) is 11.0 Å². The number of piperidine rings is 1. The fraction of sp³-hybridized carbons (Fsp3) is 0.500. The minimum atomic E-state index is 0.0544. The summed E-state index contributed by atoms with van der Waals surface area (Å²) in [5.41, 5.74) is 2.28. The number of hydrogen-bond acceptors (Lipinski definition) is 5. The van der Waals surface area contributed by atoms with Gasteiger partial charge in [0.2, 0.25) is 12.7 Å². The summed E-state index contributed by atoms with van der Waals surface area (Å²) in [4.78, 5) is 19.2. The van der Waals surface area contributed by atoms with E-state index in [-0.39, 0.29) is 11.3 Å². The van der Waals surface area contributed by atoms with E-state index in [0.29, 0.717) is 19.8 Å². The number of ether oxygens (including phenoxy) is 2. The van der Waals surface area contributed by atoms with Gasteiger partial charge in [-0.1, -0.05) is 24.8 Å². The quantitative estimate of drug-likeness (QED) is 0.810. The molecule has 1 amide bonds. The molecular formula is C20H23N3O3S. The molecule has 3 aliphatic heterocycles. The van der Waals surface area contributed by atoms with Crippen molar-refractivity contribution in [3.63, 3.8) is 0 Å². The van der Waals surface area contributed by atoms with E-state index in [2.05, 4.69) is 29.8 Å². The molecule has 27 heavy (non-hydrogen) atoms. The van der Waals surface area contributed by atoms with E-state index in [1.54, 1.807) is 11.8 Å². The third kappa shape index (κ3) is 3.29. The van der Waals surface area contributed by atoms with E-state index < -0.39 is 0 Å². The molecule has 1 aromatic heterocycles. The number of amides is 1. The summed E-state index contributed by atoms with van der Waals surface area (Å²) in [6.45, 7) is 4.96. The zero-order chi connectivity index (χ0) is 18.4. The number of fused-ring (bicyclic) bond motifs is 2. The molecule has 4 heterocycles. The number of carbonyl (C=O) groups excluding carboxylic acids is 1. The molecule has 1 atom stereocenters. The molecule has 1 aromatic carbocycles. The van der Waals surface area contributed by atoms with Crippen LogP contribution in [0, 0.1) is 5.41 Å². The zero-order valence-electron chi connectivity index (χ0n) is 15.4. The van der Waals surface area contributed by atoms with Crippen LogP contribution in [0.1, 0.15) is 31.0 Å². The van der Waals surface area contributed by atoms with Crippen LogP contribution in [0.25, 0.3) is 0 Å². The van der Waals surface area contributed by atoms with Crippen LogP contribution in [0.15, 0.2) is 29.6 Å². The average molecular weight is 385 g/mol. The van der Waals surface area contributed by atoms with Gasteiger partial charge in [0.15, 0.2) is 16.7 Å². The van der Waals surface area contributed by atoms with Crippen LogP contribution in [0.5, 0.6) is 11.5 Å². The van der Waals surface area contributed by atoms with Crippen molar-refractivity contribution in [3.8, 4) is 11.5 Å². The number of aromatic nitrogens is 2. The smallest absolute Gasteiger partial charge is 0.231 e. The lowest BCUT2D eigenvalue weighted by Crippen LogP contribution is -2.45. The summed E-state index contributed by atoms with van der Waals surface area (Å²) >= 11 is 1.79. The predicted octanol–water partition coefficient (Wildman–Crippen LogP) is 3.09. The Hall–Kier alpha value is -2.15. The molecule has 0 bridgehead atoms. The molecule has 2 aromatic rings. The molecule has 142 valence electrons. The fourth-order valence-electron chi connectivity index (χ4n) is 4.26. The highest BCUT2D eigenvalue weighted by atomic mass is 32.2. The first-order valence-corrected chi connectivity index (χ1v) is 10.4. The van der Waals surface area contributed by atoms with Crippen LogP contribution in [0.3, 0.4) is 0 Å². The maximum atomic E-state index is 12.5. The molecule has 0 N–H and O–H groups in total. The van der Waals surface area contributed by atoms with Gasteiger partial charge in [-0.3, -0.25) is 4.79 Å². The van der Waals surface area contributed by atoms with Crippen molar-refractivity contribution < 1.29 is 14.3 Å². The van der Waals surface area contributed by atoms with Gasteiger partial charge in [0.1, 0.15) is 0 Å². The van der Waals surface area contributed by atoms with Crippen molar-refractivity contribution >= 4 is 17.7 Å². The monoisotopic (exact) mass is 385 g/mol. The number of thioether (sulfide) groups is 1. The maximum absolute atomic E-state index is 12.5. The van der Waals surface area contributed by atoms with E-state index in [1.165, 1.54) is 5.56 Å². The lowest BCUT2D eigenvalue weighted by atomic mass is 9.76. The van der Waals surface area contributed by atoms with Crippen LogP contribution in [-0.4, -0.2) is 39.4 Å². The summed E-state index contributed by atoms with van der Waals surface area (Å²) in [6.07, 6.45) is 4.53. The number of imidazole rings is 1. The molecule has 3 aliphatic rings. The number of aryl methyl sites for hydroxylation is 1. The molecule has 0 spiro atoms. The van der Waals surface area contributed by atoms with E-state index in [0.717, 1.165) is 54.0 Å². The van der Waals surface area contributed by atoms with Gasteiger partial charge >= 0.3 is 0 Å². The molecule has 0 unspecified atom stereocenters. The molecule has 0 aliphatic carbocycles. The molecule has 7 heteroatoms. The number of carbonyl (C=O) groups is 1. The van der Waals surface area contributed by atoms with Crippen LogP contribution in [0.4, 0.5) is 0 Å². The van der Waals surface area contributed by atoms with Gasteiger partial charge in [-0.15, -0.1) is 0 Å². The van der Waals surface area contributed by atoms with Crippen molar-refractivity contribution in [2.75, 3.05) is 19.1 Å². The second kappa shape index (κ2) is 6.48. The average Bonchev–Trinajstić information content (AvgIpc) is 3.33. The van der Waals surface area contributed by atoms with Gasteiger partial charge in [-0.25, -0.2) is 4.98 Å². The first-order chi connectivity index (χ1) is 13.1. The Morgan fingerprint density at radius 2 is 2.19 bits per heavy atom. The van der Waals surface area contributed by atoms with E-state index in [4.69, 9.17) is 14.5 Å². The highest BCUT2D eigenvalue weighted by molar-refractivity contribution is 7.99. The zero-order valence-corrected chi connectivity index (χ0v) is 16.3. The van der Waals surface area contributed by atoms with Crippen molar-refractivity contribution in [3.05, 3.63) is 35.7 Å². The topological polar surface area (TPSA) is 56.6 Å². The second-order valence-corrected chi connectivity index (χ2v) is 9.04. The molecule has 0 saturated carbocycles.